The van der Waals surface area contributed by atoms with Crippen LogP contribution in [0.2, 0.25) is 0 Å². The third-order valence-electron chi connectivity index (χ3n) is 4.17. The zero-order valence-corrected chi connectivity index (χ0v) is 14.9. The van der Waals surface area contributed by atoms with Crippen molar-refractivity contribution in [2.45, 2.75) is 38.8 Å². The van der Waals surface area contributed by atoms with Gasteiger partial charge in [-0.2, -0.15) is 13.2 Å². The highest BCUT2D eigenvalue weighted by atomic mass is 19.4. The molecule has 0 unspecified atom stereocenters. The van der Waals surface area contributed by atoms with Crippen molar-refractivity contribution in [1.82, 2.24) is 14.7 Å². The molecular formula is C16H26F3N3O3. The first-order valence-electron chi connectivity index (χ1n) is 8.38. The van der Waals surface area contributed by atoms with Crippen LogP contribution in [0.3, 0.4) is 0 Å². The number of amides is 3. The summed E-state index contributed by atoms with van der Waals surface area (Å²) in [6.07, 6.45) is -2.78. The SMILES string of the molecule is CCCC(=O)N1CCC(C(=O)N(CC(=O)N(C)C)CC(F)(F)F)CC1. The number of nitrogens with zero attached hydrogens (tertiary/aromatic N) is 3. The van der Waals surface area contributed by atoms with Crippen molar-refractivity contribution in [3.8, 4) is 0 Å². The maximum Gasteiger partial charge on any atom is 0.406 e. The standard InChI is InChI=1S/C16H26F3N3O3/c1-4-5-13(23)21-8-6-12(7-9-21)15(25)22(11-16(17,18)19)10-14(24)20(2)3/h12H,4-11H2,1-3H3. The fraction of sp³-hybridized carbons (Fsp3) is 0.812. The summed E-state index contributed by atoms with van der Waals surface area (Å²) in [5.41, 5.74) is 0. The Morgan fingerprint density at radius 3 is 2.12 bits per heavy atom. The second kappa shape index (κ2) is 9.05. The lowest BCUT2D eigenvalue weighted by Crippen LogP contribution is -2.49. The van der Waals surface area contributed by atoms with Crippen molar-refractivity contribution < 1.29 is 27.6 Å². The molecule has 3 amide bonds. The van der Waals surface area contributed by atoms with E-state index in [0.29, 0.717) is 37.3 Å². The summed E-state index contributed by atoms with van der Waals surface area (Å²) in [6, 6.07) is 0. The molecule has 0 N–H and O–H groups in total. The molecule has 0 radical (unpaired) electrons. The van der Waals surface area contributed by atoms with Crippen LogP contribution in [0.5, 0.6) is 0 Å². The van der Waals surface area contributed by atoms with E-state index in [0.717, 1.165) is 11.3 Å². The molecule has 0 saturated carbocycles. The van der Waals surface area contributed by atoms with Gasteiger partial charge in [-0.05, 0) is 19.3 Å². The number of halogens is 3. The average Bonchev–Trinajstić information content (AvgIpc) is 2.52. The minimum Gasteiger partial charge on any atom is -0.347 e. The summed E-state index contributed by atoms with van der Waals surface area (Å²) in [6.45, 7) is 0.569. The van der Waals surface area contributed by atoms with Gasteiger partial charge in [-0.1, -0.05) is 6.92 Å². The van der Waals surface area contributed by atoms with Gasteiger partial charge < -0.3 is 14.7 Å². The number of piperidine rings is 1. The molecule has 1 fully saturated rings. The monoisotopic (exact) mass is 365 g/mol. The predicted molar refractivity (Wildman–Crippen MR) is 85.5 cm³/mol. The molecule has 0 spiro atoms. The van der Waals surface area contributed by atoms with Crippen molar-refractivity contribution in [3.05, 3.63) is 0 Å². The third kappa shape index (κ3) is 6.91. The zero-order valence-electron chi connectivity index (χ0n) is 14.9. The molecule has 25 heavy (non-hydrogen) atoms. The van der Waals surface area contributed by atoms with E-state index in [1.807, 2.05) is 6.92 Å². The topological polar surface area (TPSA) is 60.9 Å². The van der Waals surface area contributed by atoms with E-state index in [1.54, 1.807) is 4.90 Å². The highest BCUT2D eigenvalue weighted by molar-refractivity contribution is 5.86. The van der Waals surface area contributed by atoms with Crippen molar-refractivity contribution in [1.29, 1.82) is 0 Å². The Kier molecular flexibility index (Phi) is 7.69. The van der Waals surface area contributed by atoms with Gasteiger partial charge in [0, 0.05) is 39.5 Å². The molecular weight excluding hydrogens is 339 g/mol. The Morgan fingerprint density at radius 2 is 1.68 bits per heavy atom. The molecule has 1 rings (SSSR count). The average molecular weight is 365 g/mol. The van der Waals surface area contributed by atoms with Gasteiger partial charge in [0.25, 0.3) is 0 Å². The van der Waals surface area contributed by atoms with Crippen LogP contribution in [0.1, 0.15) is 32.6 Å². The van der Waals surface area contributed by atoms with Gasteiger partial charge in [-0.3, -0.25) is 14.4 Å². The smallest absolute Gasteiger partial charge is 0.347 e. The number of alkyl halides is 3. The van der Waals surface area contributed by atoms with Crippen molar-refractivity contribution >= 4 is 17.7 Å². The minimum absolute atomic E-state index is 0.00309. The normalized spacial score (nSPS) is 15.8. The van der Waals surface area contributed by atoms with Gasteiger partial charge in [0.2, 0.25) is 17.7 Å². The van der Waals surface area contributed by atoms with Crippen LogP contribution in [0, 0.1) is 5.92 Å². The Hall–Kier alpha value is -1.80. The molecule has 0 atom stereocenters. The molecule has 0 aromatic heterocycles. The number of hydrogen-bond donors (Lipinski definition) is 0. The minimum atomic E-state index is -4.57. The first-order valence-corrected chi connectivity index (χ1v) is 8.38. The molecule has 6 nitrogen and oxygen atoms in total. The Bertz CT molecular complexity index is 487. The predicted octanol–water partition coefficient (Wildman–Crippen LogP) is 1.50. The lowest BCUT2D eigenvalue weighted by molar-refractivity contribution is -0.167. The fourth-order valence-corrected chi connectivity index (χ4v) is 2.74. The molecule has 1 heterocycles. The van der Waals surface area contributed by atoms with E-state index in [4.69, 9.17) is 0 Å². The van der Waals surface area contributed by atoms with Crippen LogP contribution in [0.4, 0.5) is 13.2 Å². The molecule has 0 aliphatic carbocycles. The lowest BCUT2D eigenvalue weighted by atomic mass is 9.95. The molecule has 144 valence electrons. The van der Waals surface area contributed by atoms with E-state index < -0.39 is 37.0 Å². The summed E-state index contributed by atoms with van der Waals surface area (Å²) >= 11 is 0. The fourth-order valence-electron chi connectivity index (χ4n) is 2.74. The number of carbonyl (C=O) groups excluding carboxylic acids is 3. The third-order valence-corrected chi connectivity index (χ3v) is 4.17. The maximum absolute atomic E-state index is 12.8. The van der Waals surface area contributed by atoms with E-state index in [9.17, 15) is 27.6 Å². The van der Waals surface area contributed by atoms with Crippen molar-refractivity contribution in [2.24, 2.45) is 5.92 Å². The molecule has 9 heteroatoms. The van der Waals surface area contributed by atoms with Gasteiger partial charge in [0.05, 0.1) is 0 Å². The van der Waals surface area contributed by atoms with Crippen molar-refractivity contribution in [2.75, 3.05) is 40.3 Å². The van der Waals surface area contributed by atoms with Gasteiger partial charge >= 0.3 is 6.18 Å². The Labute approximate surface area is 145 Å². The first-order chi connectivity index (χ1) is 11.5. The van der Waals surface area contributed by atoms with E-state index in [1.165, 1.54) is 14.1 Å². The highest BCUT2D eigenvalue weighted by Gasteiger charge is 2.37. The van der Waals surface area contributed by atoms with Gasteiger partial charge in [0.15, 0.2) is 0 Å². The van der Waals surface area contributed by atoms with Gasteiger partial charge in [0.1, 0.15) is 13.1 Å². The number of likely N-dealkylation sites (tertiary alicyclic amines) is 1. The van der Waals surface area contributed by atoms with Crippen molar-refractivity contribution in [3.63, 3.8) is 0 Å². The largest absolute Gasteiger partial charge is 0.406 e. The van der Waals surface area contributed by atoms with Crippen LogP contribution in [0.15, 0.2) is 0 Å². The highest BCUT2D eigenvalue weighted by Crippen LogP contribution is 2.23. The number of carbonyl (C=O) groups is 3. The summed E-state index contributed by atoms with van der Waals surface area (Å²) in [5, 5.41) is 0. The summed E-state index contributed by atoms with van der Waals surface area (Å²) in [4.78, 5) is 39.5. The quantitative estimate of drug-likeness (QED) is 0.717. The zero-order chi connectivity index (χ0) is 19.2. The second-order valence-corrected chi connectivity index (χ2v) is 6.50. The molecule has 1 saturated heterocycles. The van der Waals surface area contributed by atoms with Crippen LogP contribution < -0.4 is 0 Å². The maximum atomic E-state index is 12.8. The number of likely N-dealkylation sites (N-methyl/N-ethyl adjacent to an activating group) is 1. The van der Waals surface area contributed by atoms with Crippen LogP contribution in [-0.2, 0) is 14.4 Å². The second-order valence-electron chi connectivity index (χ2n) is 6.50. The van der Waals surface area contributed by atoms with Gasteiger partial charge in [-0.25, -0.2) is 0 Å². The summed E-state index contributed by atoms with van der Waals surface area (Å²) in [5.74, 6) is -1.82. The molecule has 0 aromatic rings. The summed E-state index contributed by atoms with van der Waals surface area (Å²) < 4.78 is 38.3. The first kappa shape index (κ1) is 21.2. The van der Waals surface area contributed by atoms with E-state index in [-0.39, 0.29) is 5.91 Å². The van der Waals surface area contributed by atoms with Crippen LogP contribution >= 0.6 is 0 Å². The number of rotatable bonds is 6. The Morgan fingerprint density at radius 1 is 1.12 bits per heavy atom. The molecule has 0 aromatic carbocycles. The van der Waals surface area contributed by atoms with Gasteiger partial charge in [-0.15, -0.1) is 0 Å². The van der Waals surface area contributed by atoms with E-state index in [2.05, 4.69) is 0 Å². The van der Waals surface area contributed by atoms with E-state index >= 15 is 0 Å². The molecule has 1 aliphatic rings. The molecule has 1 aliphatic heterocycles. The summed E-state index contributed by atoms with van der Waals surface area (Å²) in [7, 11) is 2.85. The van der Waals surface area contributed by atoms with Crippen LogP contribution in [0.25, 0.3) is 0 Å². The molecule has 0 bridgehead atoms. The lowest BCUT2D eigenvalue weighted by Gasteiger charge is -2.34. The van der Waals surface area contributed by atoms with Crippen LogP contribution in [-0.4, -0.2) is 78.9 Å². The number of hydrogen-bond acceptors (Lipinski definition) is 3. The Balaban J connectivity index is 2.71.